The van der Waals surface area contributed by atoms with Crippen LogP contribution in [0.3, 0.4) is 0 Å². The molecule has 0 amide bonds. The van der Waals surface area contributed by atoms with Gasteiger partial charge >= 0.3 is 0 Å². The first-order chi connectivity index (χ1) is 11.2. The van der Waals surface area contributed by atoms with E-state index in [0.717, 1.165) is 50.0 Å². The molecule has 0 unspecified atom stereocenters. The number of nitrogens with one attached hydrogen (secondary N) is 1. The minimum atomic E-state index is 0.849. The lowest BCUT2D eigenvalue weighted by atomic mass is 10.1. The quantitative estimate of drug-likeness (QED) is 0.940. The van der Waals surface area contributed by atoms with Gasteiger partial charge in [0.1, 0.15) is 18.0 Å². The largest absolute Gasteiger partial charge is 0.354 e. The normalized spacial score (nSPS) is 15.7. The summed E-state index contributed by atoms with van der Waals surface area (Å²) < 4.78 is 0. The number of benzene rings is 1. The molecule has 0 aliphatic carbocycles. The van der Waals surface area contributed by atoms with Gasteiger partial charge in [-0.3, -0.25) is 0 Å². The third-order valence-electron chi connectivity index (χ3n) is 4.66. The first-order valence-electron chi connectivity index (χ1n) is 8.30. The van der Waals surface area contributed by atoms with Crippen LogP contribution in [0.15, 0.2) is 30.6 Å². The maximum atomic E-state index is 4.45. The lowest BCUT2D eigenvalue weighted by molar-refractivity contribution is 0.270. The Morgan fingerprint density at radius 1 is 1.09 bits per heavy atom. The third kappa shape index (κ3) is 3.62. The third-order valence-corrected chi connectivity index (χ3v) is 4.66. The van der Waals surface area contributed by atoms with Crippen LogP contribution in [-0.4, -0.2) is 47.6 Å². The molecule has 0 atom stereocenters. The van der Waals surface area contributed by atoms with Gasteiger partial charge in [0, 0.05) is 37.9 Å². The maximum Gasteiger partial charge on any atom is 0.135 e. The Morgan fingerprint density at radius 2 is 1.87 bits per heavy atom. The van der Waals surface area contributed by atoms with Crippen LogP contribution in [-0.2, 0) is 0 Å². The van der Waals surface area contributed by atoms with E-state index in [9.17, 15) is 0 Å². The summed E-state index contributed by atoms with van der Waals surface area (Å²) in [5, 5.41) is 3.42. The van der Waals surface area contributed by atoms with Crippen LogP contribution in [0.4, 0.5) is 17.3 Å². The number of hydrogen-bond donors (Lipinski definition) is 1. The molecular weight excluding hydrogens is 286 g/mol. The van der Waals surface area contributed by atoms with Crippen molar-refractivity contribution in [2.45, 2.75) is 20.8 Å². The van der Waals surface area contributed by atoms with E-state index in [-0.39, 0.29) is 0 Å². The van der Waals surface area contributed by atoms with Crippen molar-refractivity contribution in [1.29, 1.82) is 0 Å². The van der Waals surface area contributed by atoms with Crippen molar-refractivity contribution < 1.29 is 0 Å². The van der Waals surface area contributed by atoms with Crippen LogP contribution in [0.1, 0.15) is 18.1 Å². The Labute approximate surface area is 138 Å². The molecule has 2 heterocycles. The van der Waals surface area contributed by atoms with E-state index < -0.39 is 0 Å². The molecule has 1 fully saturated rings. The lowest BCUT2D eigenvalue weighted by Gasteiger charge is -2.34. The summed E-state index contributed by atoms with van der Waals surface area (Å²) >= 11 is 0. The molecule has 5 heteroatoms. The predicted molar refractivity (Wildman–Crippen MR) is 95.6 cm³/mol. The Hall–Kier alpha value is -2.14. The zero-order valence-electron chi connectivity index (χ0n) is 14.2. The van der Waals surface area contributed by atoms with E-state index in [1.54, 1.807) is 6.33 Å². The Balaban J connectivity index is 1.74. The van der Waals surface area contributed by atoms with Crippen LogP contribution < -0.4 is 10.2 Å². The van der Waals surface area contributed by atoms with Crippen LogP contribution >= 0.6 is 0 Å². The zero-order valence-corrected chi connectivity index (χ0v) is 14.2. The van der Waals surface area contributed by atoms with E-state index in [4.69, 9.17) is 0 Å². The summed E-state index contributed by atoms with van der Waals surface area (Å²) in [5.74, 6) is 1.85. The predicted octanol–water partition coefficient (Wildman–Crippen LogP) is 2.98. The highest BCUT2D eigenvalue weighted by atomic mass is 15.3. The molecular formula is C18H25N5. The summed E-state index contributed by atoms with van der Waals surface area (Å²) in [4.78, 5) is 13.6. The molecule has 5 nitrogen and oxygen atoms in total. The van der Waals surface area contributed by atoms with Gasteiger partial charge in [-0.05, 0) is 37.6 Å². The molecule has 0 bridgehead atoms. The average molecular weight is 311 g/mol. The second-order valence-corrected chi connectivity index (χ2v) is 6.06. The van der Waals surface area contributed by atoms with Gasteiger partial charge in [-0.25, -0.2) is 9.97 Å². The van der Waals surface area contributed by atoms with Crippen molar-refractivity contribution in [2.24, 2.45) is 0 Å². The Morgan fingerprint density at radius 3 is 2.61 bits per heavy atom. The zero-order chi connectivity index (χ0) is 16.2. The summed E-state index contributed by atoms with van der Waals surface area (Å²) in [5.41, 5.74) is 3.63. The van der Waals surface area contributed by atoms with Crippen LogP contribution in [0.5, 0.6) is 0 Å². The van der Waals surface area contributed by atoms with Crippen molar-refractivity contribution in [3.63, 3.8) is 0 Å². The molecule has 1 aliphatic rings. The van der Waals surface area contributed by atoms with Crippen molar-refractivity contribution in [3.05, 3.63) is 41.7 Å². The van der Waals surface area contributed by atoms with Gasteiger partial charge in [-0.15, -0.1) is 0 Å². The molecule has 0 spiro atoms. The molecule has 1 saturated heterocycles. The lowest BCUT2D eigenvalue weighted by Crippen LogP contribution is -2.46. The van der Waals surface area contributed by atoms with Crippen molar-refractivity contribution in [1.82, 2.24) is 14.9 Å². The van der Waals surface area contributed by atoms with E-state index in [0.29, 0.717) is 0 Å². The fraction of sp³-hybridized carbons (Fsp3) is 0.444. The van der Waals surface area contributed by atoms with Gasteiger partial charge in [-0.2, -0.15) is 0 Å². The van der Waals surface area contributed by atoms with E-state index in [2.05, 4.69) is 64.1 Å². The minimum absolute atomic E-state index is 0.849. The number of aromatic nitrogens is 2. The molecule has 0 radical (unpaired) electrons. The summed E-state index contributed by atoms with van der Waals surface area (Å²) in [7, 11) is 0. The average Bonchev–Trinajstić information content (AvgIpc) is 2.59. The SMILES string of the molecule is CCN1CCN(c2cc(Nc3cccc(C)c3C)ncn2)CC1. The number of likely N-dealkylation sites (N-methyl/N-ethyl adjacent to an activating group) is 1. The number of anilines is 3. The van der Waals surface area contributed by atoms with Gasteiger partial charge in [0.05, 0.1) is 0 Å². The Kier molecular flexibility index (Phi) is 4.76. The second kappa shape index (κ2) is 6.96. The van der Waals surface area contributed by atoms with E-state index in [1.807, 2.05) is 6.07 Å². The fourth-order valence-electron chi connectivity index (χ4n) is 2.91. The summed E-state index contributed by atoms with van der Waals surface area (Å²) in [6, 6.07) is 8.32. The van der Waals surface area contributed by atoms with Gasteiger partial charge < -0.3 is 15.1 Å². The highest BCUT2D eigenvalue weighted by Gasteiger charge is 2.17. The number of aryl methyl sites for hydroxylation is 1. The molecule has 1 aliphatic heterocycles. The highest BCUT2D eigenvalue weighted by Crippen LogP contribution is 2.23. The molecule has 1 aromatic heterocycles. The molecule has 0 saturated carbocycles. The van der Waals surface area contributed by atoms with E-state index >= 15 is 0 Å². The van der Waals surface area contributed by atoms with Crippen molar-refractivity contribution in [2.75, 3.05) is 42.9 Å². The van der Waals surface area contributed by atoms with Gasteiger partial charge in [0.2, 0.25) is 0 Å². The molecule has 23 heavy (non-hydrogen) atoms. The monoisotopic (exact) mass is 311 g/mol. The van der Waals surface area contributed by atoms with Crippen molar-refractivity contribution >= 4 is 17.3 Å². The number of hydrogen-bond acceptors (Lipinski definition) is 5. The topological polar surface area (TPSA) is 44.3 Å². The van der Waals surface area contributed by atoms with Gasteiger partial charge in [-0.1, -0.05) is 19.1 Å². The minimum Gasteiger partial charge on any atom is -0.354 e. The van der Waals surface area contributed by atoms with Crippen LogP contribution in [0, 0.1) is 13.8 Å². The van der Waals surface area contributed by atoms with Gasteiger partial charge in [0.25, 0.3) is 0 Å². The van der Waals surface area contributed by atoms with Gasteiger partial charge in [0.15, 0.2) is 0 Å². The summed E-state index contributed by atoms with van der Waals surface area (Å²) in [6.07, 6.45) is 1.65. The fourth-order valence-corrected chi connectivity index (χ4v) is 2.91. The number of nitrogens with zero attached hydrogens (tertiary/aromatic N) is 4. The highest BCUT2D eigenvalue weighted by molar-refractivity contribution is 5.63. The van der Waals surface area contributed by atoms with Crippen LogP contribution in [0.2, 0.25) is 0 Å². The Bertz CT molecular complexity index is 662. The van der Waals surface area contributed by atoms with E-state index in [1.165, 1.54) is 11.1 Å². The standard InChI is InChI=1S/C18H25N5/c1-4-22-8-10-23(11-9-22)18-12-17(19-13-20-18)21-16-7-5-6-14(2)15(16)3/h5-7,12-13H,4,8-11H2,1-3H3,(H,19,20,21). The molecule has 2 aromatic rings. The van der Waals surface area contributed by atoms with Crippen LogP contribution in [0.25, 0.3) is 0 Å². The number of rotatable bonds is 4. The maximum absolute atomic E-state index is 4.45. The molecule has 122 valence electrons. The first-order valence-corrected chi connectivity index (χ1v) is 8.30. The first kappa shape index (κ1) is 15.7. The smallest absolute Gasteiger partial charge is 0.135 e. The second-order valence-electron chi connectivity index (χ2n) is 6.06. The molecule has 1 N–H and O–H groups in total. The molecule has 3 rings (SSSR count). The summed E-state index contributed by atoms with van der Waals surface area (Å²) in [6.45, 7) is 11.8. The molecule has 1 aromatic carbocycles. The van der Waals surface area contributed by atoms with Crippen molar-refractivity contribution in [3.8, 4) is 0 Å². The number of piperazine rings is 1.